The summed E-state index contributed by atoms with van der Waals surface area (Å²) in [5.74, 6) is 0. The summed E-state index contributed by atoms with van der Waals surface area (Å²) < 4.78 is 35.9. The van der Waals surface area contributed by atoms with Gasteiger partial charge in [0, 0.05) is 0 Å². The van der Waals surface area contributed by atoms with E-state index in [1.54, 1.807) is 13.0 Å². The molecule has 0 spiro atoms. The zero-order valence-corrected chi connectivity index (χ0v) is 11.9. The maximum absolute atomic E-state index is 12.0. The van der Waals surface area contributed by atoms with Crippen LogP contribution in [0.2, 0.25) is 0 Å². The Kier molecular flexibility index (Phi) is 6.75. The summed E-state index contributed by atoms with van der Waals surface area (Å²) in [4.78, 5) is 0. The molecule has 0 aliphatic carbocycles. The van der Waals surface area contributed by atoms with Crippen molar-refractivity contribution in [2.75, 3.05) is 0 Å². The first-order valence-corrected chi connectivity index (χ1v) is 11.5. The van der Waals surface area contributed by atoms with Crippen LogP contribution in [-0.2, 0) is 21.3 Å². The first kappa shape index (κ1) is 14.2. The van der Waals surface area contributed by atoms with Crippen LogP contribution in [0.1, 0.15) is 11.1 Å². The third kappa shape index (κ3) is 5.84. The molecule has 0 nitrogen and oxygen atoms in total. The van der Waals surface area contributed by atoms with E-state index in [1.807, 2.05) is 0 Å². The number of alkyl halides is 3. The van der Waals surface area contributed by atoms with Gasteiger partial charge >= 0.3 is 40.7 Å². The molecule has 76 valence electrons. The normalized spacial score (nSPS) is 9.86. The van der Waals surface area contributed by atoms with Crippen LogP contribution in [0, 0.1) is 6.92 Å². The van der Waals surface area contributed by atoms with Crippen LogP contribution in [0.5, 0.6) is 0 Å². The number of hydrogen-bond donors (Lipinski definition) is 0. The predicted octanol–water partition coefficient (Wildman–Crippen LogP) is 4.39. The zero-order valence-electron chi connectivity index (χ0n) is 7.41. The average Bonchev–Trinajstić information content (AvgIpc) is 2.04. The molecule has 1 rings (SSSR count). The van der Waals surface area contributed by atoms with E-state index in [9.17, 15) is 13.2 Å². The molecule has 0 radical (unpaired) electrons. The van der Waals surface area contributed by atoms with Gasteiger partial charge in [-0.1, -0.05) is 23.8 Å². The number of aryl methyl sites for hydroxylation is 1. The third-order valence-corrected chi connectivity index (χ3v) is 1.35. The molecule has 0 amide bonds. The van der Waals surface area contributed by atoms with Crippen molar-refractivity contribution < 1.29 is 28.3 Å². The summed E-state index contributed by atoms with van der Waals surface area (Å²) in [6, 6.07) is 5.22. The van der Waals surface area contributed by atoms with Crippen molar-refractivity contribution in [2.24, 2.45) is 0 Å². The fourth-order valence-electron chi connectivity index (χ4n) is 0.821. The van der Waals surface area contributed by atoms with E-state index in [0.717, 1.165) is 12.1 Å². The monoisotopic (exact) mass is 294 g/mol. The Morgan fingerprint density at radius 3 is 2.00 bits per heavy atom. The van der Waals surface area contributed by atoms with Crippen molar-refractivity contribution >= 4 is 19.4 Å². The Hall–Kier alpha value is 0.213. The quantitative estimate of drug-likeness (QED) is 0.623. The van der Waals surface area contributed by atoms with Crippen LogP contribution in [-0.4, -0.2) is 0 Å². The third-order valence-electron chi connectivity index (χ3n) is 1.35. The van der Waals surface area contributed by atoms with Gasteiger partial charge in [0.2, 0.25) is 0 Å². The van der Waals surface area contributed by atoms with Gasteiger partial charge < -0.3 is 0 Å². The average molecular weight is 296 g/mol. The molecule has 14 heavy (non-hydrogen) atoms. The van der Waals surface area contributed by atoms with E-state index in [2.05, 4.69) is 0 Å². The van der Waals surface area contributed by atoms with Gasteiger partial charge in [-0.3, -0.25) is 0 Å². The number of benzene rings is 1. The predicted molar refractivity (Wildman–Crippen MR) is 47.9 cm³/mol. The standard InChI is InChI=1S/C8H7F3.2ClH.Zn/c1-6-3-2-4-7(5-6)8(9,10)11;;;/h2-5H,1H3;2*1H;/q;;;+2/p-2. The molecular formula is C8H7Cl2F3Zn. The summed E-state index contributed by atoms with van der Waals surface area (Å²) >= 11 is -0.931. The SMILES string of the molecule is Cc1cccc(C(F)(F)F)c1.[Cl][Zn][Cl]. The second kappa shape index (κ2) is 6.65. The fourth-order valence-corrected chi connectivity index (χ4v) is 0.821. The Morgan fingerprint density at radius 2 is 1.71 bits per heavy atom. The molecule has 0 atom stereocenters. The molecule has 0 saturated carbocycles. The molecule has 0 heterocycles. The van der Waals surface area contributed by atoms with Crippen LogP contribution in [0.4, 0.5) is 13.2 Å². The number of rotatable bonds is 0. The number of halogens is 5. The summed E-state index contributed by atoms with van der Waals surface area (Å²) in [5.41, 5.74) is 0.0392. The first-order chi connectivity index (χ1) is 6.41. The molecule has 0 fully saturated rings. The minimum atomic E-state index is -4.22. The van der Waals surface area contributed by atoms with Crippen molar-refractivity contribution in [3.05, 3.63) is 35.4 Å². The molecule has 1 aromatic rings. The summed E-state index contributed by atoms with van der Waals surface area (Å²) in [6.07, 6.45) is -4.22. The second-order valence-corrected chi connectivity index (χ2v) is 7.09. The Labute approximate surface area is 96.1 Å². The van der Waals surface area contributed by atoms with Crippen molar-refractivity contribution in [3.63, 3.8) is 0 Å². The van der Waals surface area contributed by atoms with Crippen LogP contribution in [0.3, 0.4) is 0 Å². The van der Waals surface area contributed by atoms with Crippen molar-refractivity contribution in [1.82, 2.24) is 0 Å². The van der Waals surface area contributed by atoms with E-state index in [1.165, 1.54) is 6.07 Å². The Balaban J connectivity index is 0.000000500. The van der Waals surface area contributed by atoms with E-state index >= 15 is 0 Å². The molecule has 1 aromatic carbocycles. The maximum atomic E-state index is 12.0. The Morgan fingerprint density at radius 1 is 1.21 bits per heavy atom. The Bertz CT molecular complexity index is 276. The first-order valence-electron chi connectivity index (χ1n) is 3.67. The van der Waals surface area contributed by atoms with Crippen molar-refractivity contribution in [2.45, 2.75) is 13.1 Å². The summed E-state index contributed by atoms with van der Waals surface area (Å²) in [5, 5.41) is 0. The molecule has 0 bridgehead atoms. The summed E-state index contributed by atoms with van der Waals surface area (Å²) in [7, 11) is 9.90. The molecule has 0 unspecified atom stereocenters. The summed E-state index contributed by atoms with van der Waals surface area (Å²) in [6.45, 7) is 1.63. The van der Waals surface area contributed by atoms with Gasteiger partial charge in [-0.25, -0.2) is 0 Å². The molecule has 0 aromatic heterocycles. The molecule has 0 aliphatic heterocycles. The van der Waals surface area contributed by atoms with E-state index in [0.29, 0.717) is 5.56 Å². The van der Waals surface area contributed by atoms with E-state index in [4.69, 9.17) is 19.4 Å². The fraction of sp³-hybridized carbons (Fsp3) is 0.250. The molecule has 0 aliphatic rings. The minimum absolute atomic E-state index is 0.586. The van der Waals surface area contributed by atoms with E-state index < -0.39 is 26.9 Å². The van der Waals surface area contributed by atoms with Crippen LogP contribution in [0.15, 0.2) is 24.3 Å². The van der Waals surface area contributed by atoms with Gasteiger partial charge in [0.25, 0.3) is 0 Å². The van der Waals surface area contributed by atoms with Gasteiger partial charge in [-0.15, -0.1) is 0 Å². The van der Waals surface area contributed by atoms with Gasteiger partial charge in [0.15, 0.2) is 0 Å². The zero-order chi connectivity index (χ0) is 11.2. The molecule has 6 heteroatoms. The van der Waals surface area contributed by atoms with Crippen molar-refractivity contribution in [1.29, 1.82) is 0 Å². The van der Waals surface area contributed by atoms with Crippen LogP contribution in [0.25, 0.3) is 0 Å². The van der Waals surface area contributed by atoms with Crippen LogP contribution >= 0.6 is 19.4 Å². The van der Waals surface area contributed by atoms with Gasteiger partial charge in [-0.2, -0.15) is 13.2 Å². The molecule has 0 saturated heterocycles. The second-order valence-electron chi connectivity index (χ2n) is 2.47. The van der Waals surface area contributed by atoms with Crippen molar-refractivity contribution in [3.8, 4) is 0 Å². The van der Waals surface area contributed by atoms with Gasteiger partial charge in [0.05, 0.1) is 5.56 Å². The number of hydrogen-bond acceptors (Lipinski definition) is 0. The molecule has 0 N–H and O–H groups in total. The molecular weight excluding hydrogens is 289 g/mol. The van der Waals surface area contributed by atoms with E-state index in [-0.39, 0.29) is 0 Å². The van der Waals surface area contributed by atoms with Gasteiger partial charge in [0.1, 0.15) is 0 Å². The van der Waals surface area contributed by atoms with Gasteiger partial charge in [-0.05, 0) is 13.0 Å². The topological polar surface area (TPSA) is 0 Å². The van der Waals surface area contributed by atoms with Crippen LogP contribution < -0.4 is 0 Å².